The van der Waals surface area contributed by atoms with Crippen LogP contribution in [0.5, 0.6) is 0 Å². The number of ether oxygens (including phenoxy) is 2. The Morgan fingerprint density at radius 2 is 1.10 bits per heavy atom. The highest BCUT2D eigenvalue weighted by molar-refractivity contribution is 7.71. The molecule has 0 aliphatic carbocycles. The van der Waals surface area contributed by atoms with Crippen LogP contribution in [-0.4, -0.2) is 89.4 Å². The minimum absolute atomic E-state index is 0.130. The summed E-state index contributed by atoms with van der Waals surface area (Å²) in [5.74, 6) is 0. The largest absolute Gasteiger partial charge is 0.798 e. The molecule has 24 heteroatoms. The average molecular weight is 691 g/mol. The summed E-state index contributed by atoms with van der Waals surface area (Å²) in [7, 11) is -9.73. The summed E-state index contributed by atoms with van der Waals surface area (Å²) in [4.78, 5) is 28.7. The zero-order chi connectivity index (χ0) is 30.7. The van der Waals surface area contributed by atoms with Gasteiger partial charge in [0.15, 0.2) is 21.1 Å². The molecule has 2 aliphatic heterocycles. The number of hydrogen-bond acceptors (Lipinski definition) is 17. The molecule has 3 unspecified atom stereocenters. The molecule has 0 bridgehead atoms. The highest BCUT2D eigenvalue weighted by Crippen LogP contribution is 2.47. The molecule has 2 aromatic rings. The Balaban J connectivity index is 1.21. The van der Waals surface area contributed by atoms with Crippen molar-refractivity contribution < 1.29 is 61.3 Å². The first kappa shape index (κ1) is 33.0. The first-order valence-electron chi connectivity index (χ1n) is 11.6. The van der Waals surface area contributed by atoms with Crippen LogP contribution in [-0.2, 0) is 40.8 Å². The summed E-state index contributed by atoms with van der Waals surface area (Å²) >= 11 is 9.66. The fourth-order valence-corrected chi connectivity index (χ4v) is 6.36. The van der Waals surface area contributed by atoms with Gasteiger partial charge in [0.1, 0.15) is 59.1 Å². The number of aromatic nitrogens is 4. The van der Waals surface area contributed by atoms with E-state index in [1.165, 1.54) is 24.5 Å². The third-order valence-electron chi connectivity index (χ3n) is 5.88. The van der Waals surface area contributed by atoms with E-state index in [0.717, 1.165) is 9.13 Å². The van der Waals surface area contributed by atoms with Crippen LogP contribution in [0.15, 0.2) is 34.1 Å². The Morgan fingerprint density at radius 1 is 0.714 bits per heavy atom. The van der Waals surface area contributed by atoms with E-state index >= 15 is 0 Å². The van der Waals surface area contributed by atoms with Crippen molar-refractivity contribution >= 4 is 49.2 Å². The van der Waals surface area contributed by atoms with Gasteiger partial charge in [-0.2, -0.15) is 0 Å². The van der Waals surface area contributed by atoms with Gasteiger partial charge < -0.3 is 29.9 Å². The molecule has 4 rings (SSSR count). The topological polar surface area (TPSA) is 263 Å². The Bertz CT molecular complexity index is 1470. The molecule has 2 aliphatic rings. The number of aliphatic hydroxyl groups is 4. The van der Waals surface area contributed by atoms with Crippen LogP contribution >= 0.6 is 49.2 Å². The predicted octanol–water partition coefficient (Wildman–Crippen LogP) is 0.102. The zero-order valence-corrected chi connectivity index (χ0v) is 25.0. The van der Waals surface area contributed by atoms with E-state index in [0.29, 0.717) is 0 Å². The van der Waals surface area contributed by atoms with Crippen LogP contribution < -0.4 is 11.4 Å². The SMILES string of the molecule is O=c1[nH]c(=S)ccn1[C@@H]1O[C@H](CO[P+](=O)O[P+](=O)O[P+](=O)OC[C@@H]2O[C@H](n3ccc(=S)[nH]c3=O)[C@@H](O)[C@H]2O)[C@@H](O)[C@H]1O. The van der Waals surface area contributed by atoms with Gasteiger partial charge in [-0.1, -0.05) is 24.4 Å². The molecule has 4 heterocycles. The van der Waals surface area contributed by atoms with Gasteiger partial charge >= 0.3 is 36.1 Å². The van der Waals surface area contributed by atoms with Crippen molar-refractivity contribution in [2.45, 2.75) is 49.1 Å². The van der Waals surface area contributed by atoms with E-state index in [2.05, 4.69) is 18.6 Å². The van der Waals surface area contributed by atoms with Crippen molar-refractivity contribution in [3.8, 4) is 0 Å². The van der Waals surface area contributed by atoms with Crippen LogP contribution in [0.1, 0.15) is 12.5 Å². The van der Waals surface area contributed by atoms with E-state index in [1.54, 1.807) is 0 Å². The number of hydrogen-bond donors (Lipinski definition) is 6. The lowest BCUT2D eigenvalue weighted by molar-refractivity contribution is -0.0518. The standard InChI is InChI=1S/C18H20N4O15P3S2/c23-11-7(34-15(13(11)25)21-3-1-9(41)19-17(21)27)5-32-38(29)36-40(31)37-39(30)33-6-8-12(24)14(26)16(35-8)22-4-2-10(42)20-18(22)28/h1-4,7-8,11-16,23-26H,5-6H2/q+1/p+2/t7-,8+,11-,12+,13-,14+,15-,16+. The van der Waals surface area contributed by atoms with Gasteiger partial charge in [-0.25, -0.2) is 9.59 Å². The van der Waals surface area contributed by atoms with Gasteiger partial charge in [0.2, 0.25) is 0 Å². The maximum atomic E-state index is 12.1. The first-order chi connectivity index (χ1) is 19.8. The summed E-state index contributed by atoms with van der Waals surface area (Å²) in [6.45, 7) is -1.30. The Labute approximate surface area is 246 Å². The Hall–Kier alpha value is -1.90. The highest BCUT2D eigenvalue weighted by atomic mass is 32.1. The quantitative estimate of drug-likeness (QED) is 0.127. The third-order valence-corrected chi connectivity index (χ3v) is 9.21. The maximum absolute atomic E-state index is 12.1. The van der Waals surface area contributed by atoms with Gasteiger partial charge in [0.25, 0.3) is 0 Å². The van der Waals surface area contributed by atoms with E-state index < -0.39 is 98.4 Å². The maximum Gasteiger partial charge on any atom is 0.798 e. The molecule has 0 amide bonds. The van der Waals surface area contributed by atoms with Crippen molar-refractivity contribution in [1.82, 2.24) is 19.1 Å². The predicted molar refractivity (Wildman–Crippen MR) is 141 cm³/mol. The molecule has 2 aromatic heterocycles. The number of aromatic amines is 2. The number of aliphatic hydroxyl groups excluding tert-OH is 4. The van der Waals surface area contributed by atoms with Crippen molar-refractivity contribution in [3.63, 3.8) is 0 Å². The smallest absolute Gasteiger partial charge is 0.387 e. The lowest BCUT2D eigenvalue weighted by Gasteiger charge is -2.16. The molecule has 0 spiro atoms. The molecule has 2 fully saturated rings. The number of nitrogens with zero attached hydrogens (tertiary/aromatic N) is 2. The van der Waals surface area contributed by atoms with Crippen LogP contribution in [0.4, 0.5) is 0 Å². The second-order valence-corrected chi connectivity index (χ2v) is 12.6. The van der Waals surface area contributed by atoms with Gasteiger partial charge in [-0.3, -0.25) is 19.1 Å². The highest BCUT2D eigenvalue weighted by Gasteiger charge is 2.53. The average Bonchev–Trinajstić information content (AvgIpc) is 3.36. The molecular formula is C18H22N4O15P3S2+3. The minimum Gasteiger partial charge on any atom is -0.387 e. The summed E-state index contributed by atoms with van der Waals surface area (Å²) in [6, 6.07) is 2.71. The van der Waals surface area contributed by atoms with E-state index in [9.17, 15) is 43.7 Å². The normalized spacial score (nSPS) is 30.3. The van der Waals surface area contributed by atoms with Crippen LogP contribution in [0, 0.1) is 9.28 Å². The molecule has 0 aromatic carbocycles. The second-order valence-electron chi connectivity index (χ2n) is 8.55. The van der Waals surface area contributed by atoms with Gasteiger partial charge in [-0.05, 0) is 12.1 Å². The Morgan fingerprint density at radius 3 is 1.45 bits per heavy atom. The summed E-state index contributed by atoms with van der Waals surface area (Å²) < 4.78 is 67.5. The number of H-pyrrole nitrogens is 2. The summed E-state index contributed by atoms with van der Waals surface area (Å²) in [6.07, 6.45) is -9.09. The second kappa shape index (κ2) is 14.3. The number of rotatable bonds is 12. The monoisotopic (exact) mass is 691 g/mol. The van der Waals surface area contributed by atoms with Crippen molar-refractivity contribution in [2.75, 3.05) is 13.2 Å². The molecule has 0 radical (unpaired) electrons. The lowest BCUT2D eigenvalue weighted by Crippen LogP contribution is -2.36. The molecule has 0 saturated carbocycles. The molecule has 2 saturated heterocycles. The minimum atomic E-state index is -3.34. The van der Waals surface area contributed by atoms with Crippen LogP contribution in [0.2, 0.25) is 0 Å². The molecule has 11 atom stereocenters. The molecule has 42 heavy (non-hydrogen) atoms. The van der Waals surface area contributed by atoms with E-state index in [1.807, 2.05) is 0 Å². The van der Waals surface area contributed by atoms with Gasteiger partial charge in [-0.15, -0.1) is 9.05 Å². The molecular weight excluding hydrogens is 669 g/mol. The third kappa shape index (κ3) is 7.78. The summed E-state index contributed by atoms with van der Waals surface area (Å²) in [5.41, 5.74) is -1.44. The summed E-state index contributed by atoms with van der Waals surface area (Å²) in [5, 5.41) is 40.9. The fourth-order valence-electron chi connectivity index (χ4n) is 3.89. The van der Waals surface area contributed by atoms with Crippen molar-refractivity contribution in [1.29, 1.82) is 0 Å². The molecule has 19 nitrogen and oxygen atoms in total. The van der Waals surface area contributed by atoms with Crippen LogP contribution in [0.3, 0.4) is 0 Å². The van der Waals surface area contributed by atoms with E-state index in [4.69, 9.17) is 43.0 Å². The first-order valence-corrected chi connectivity index (χ1v) is 15.7. The lowest BCUT2D eigenvalue weighted by atomic mass is 10.1. The zero-order valence-electron chi connectivity index (χ0n) is 20.7. The van der Waals surface area contributed by atoms with Gasteiger partial charge in [0, 0.05) is 26.1 Å². The van der Waals surface area contributed by atoms with Crippen molar-refractivity contribution in [3.05, 3.63) is 54.8 Å². The van der Waals surface area contributed by atoms with Gasteiger partial charge in [0.05, 0.1) is 0 Å². The number of nitrogens with one attached hydrogen (secondary N) is 2. The van der Waals surface area contributed by atoms with Crippen molar-refractivity contribution in [2.24, 2.45) is 0 Å². The molecule has 228 valence electrons. The molecule has 6 N–H and O–H groups in total. The van der Waals surface area contributed by atoms with Crippen LogP contribution in [0.25, 0.3) is 0 Å². The Kier molecular flexibility index (Phi) is 11.2. The van der Waals surface area contributed by atoms with E-state index in [-0.39, 0.29) is 9.28 Å². The fraction of sp³-hybridized carbons (Fsp3) is 0.556.